The molecule has 0 unspecified atom stereocenters. The second-order valence-corrected chi connectivity index (χ2v) is 11.4. The van der Waals surface area contributed by atoms with Gasteiger partial charge in [-0.1, -0.05) is 19.3 Å². The molecule has 3 fully saturated rings. The van der Waals surface area contributed by atoms with E-state index in [0.717, 1.165) is 25.4 Å². The van der Waals surface area contributed by atoms with E-state index in [9.17, 15) is 13.2 Å². The maximum Gasteiger partial charge on any atom is 0.243 e. The van der Waals surface area contributed by atoms with Gasteiger partial charge in [0.15, 0.2) is 11.5 Å². The number of ether oxygens (including phenoxy) is 2. The topological polar surface area (TPSA) is 79.4 Å². The van der Waals surface area contributed by atoms with Crippen LogP contribution >= 0.6 is 0 Å². The van der Waals surface area contributed by atoms with Gasteiger partial charge in [0.25, 0.3) is 0 Å². The van der Waals surface area contributed by atoms with E-state index in [4.69, 9.17) is 9.47 Å². The van der Waals surface area contributed by atoms with E-state index in [-0.39, 0.29) is 10.8 Å². The fourth-order valence-corrected chi connectivity index (χ4v) is 7.02. The van der Waals surface area contributed by atoms with Crippen LogP contribution in [-0.4, -0.2) is 87.5 Å². The maximum atomic E-state index is 13.1. The van der Waals surface area contributed by atoms with Crippen molar-refractivity contribution in [3.63, 3.8) is 0 Å². The van der Waals surface area contributed by atoms with Gasteiger partial charge in [-0.2, -0.15) is 4.31 Å². The lowest BCUT2D eigenvalue weighted by Gasteiger charge is -2.42. The molecule has 1 aromatic carbocycles. The van der Waals surface area contributed by atoms with E-state index < -0.39 is 10.0 Å². The van der Waals surface area contributed by atoms with Crippen LogP contribution in [0.5, 0.6) is 11.5 Å². The number of hydrogen-bond acceptors (Lipinski definition) is 6. The summed E-state index contributed by atoms with van der Waals surface area (Å²) in [7, 11) is -3.61. The van der Waals surface area contributed by atoms with Crippen molar-refractivity contribution in [2.75, 3.05) is 59.0 Å². The summed E-state index contributed by atoms with van der Waals surface area (Å²) in [5.74, 6) is 2.73. The number of sulfonamides is 1. The van der Waals surface area contributed by atoms with Gasteiger partial charge in [-0.25, -0.2) is 8.42 Å². The Morgan fingerprint density at radius 1 is 0.906 bits per heavy atom. The van der Waals surface area contributed by atoms with E-state index in [1.165, 1.54) is 30.0 Å². The van der Waals surface area contributed by atoms with Crippen LogP contribution in [0.2, 0.25) is 0 Å². The predicted octanol–water partition coefficient (Wildman–Crippen LogP) is 1.80. The maximum absolute atomic E-state index is 13.1. The first-order valence-corrected chi connectivity index (χ1v) is 13.3. The molecule has 0 N–H and O–H groups in total. The molecule has 176 valence electrons. The van der Waals surface area contributed by atoms with Gasteiger partial charge in [0, 0.05) is 45.3 Å². The van der Waals surface area contributed by atoms with Gasteiger partial charge in [0.2, 0.25) is 15.9 Å². The summed E-state index contributed by atoms with van der Waals surface area (Å²) >= 11 is 0. The number of likely N-dealkylation sites (tertiary alicyclic amines) is 1. The molecule has 1 saturated carbocycles. The van der Waals surface area contributed by atoms with Gasteiger partial charge in [-0.3, -0.25) is 9.69 Å². The van der Waals surface area contributed by atoms with Crippen LogP contribution in [0.25, 0.3) is 0 Å². The normalized spacial score (nSPS) is 27.1. The molecule has 4 aliphatic rings. The highest BCUT2D eigenvalue weighted by atomic mass is 32.2. The molecule has 0 spiro atoms. The van der Waals surface area contributed by atoms with Gasteiger partial charge in [0.1, 0.15) is 13.2 Å². The Balaban J connectivity index is 1.15. The minimum absolute atomic E-state index is 0.192. The molecule has 2 saturated heterocycles. The van der Waals surface area contributed by atoms with Gasteiger partial charge in [-0.15, -0.1) is 0 Å². The van der Waals surface area contributed by atoms with Gasteiger partial charge in [0.05, 0.1) is 11.4 Å². The van der Waals surface area contributed by atoms with Crippen molar-refractivity contribution in [3.8, 4) is 11.5 Å². The van der Waals surface area contributed by atoms with Crippen LogP contribution in [0.1, 0.15) is 32.1 Å². The Hall–Kier alpha value is -1.84. The smallest absolute Gasteiger partial charge is 0.243 e. The molecule has 32 heavy (non-hydrogen) atoms. The van der Waals surface area contributed by atoms with Crippen LogP contribution in [0, 0.1) is 11.8 Å². The lowest BCUT2D eigenvalue weighted by Crippen LogP contribution is -2.53. The summed E-state index contributed by atoms with van der Waals surface area (Å²) in [6.07, 6.45) is 6.35. The third kappa shape index (κ3) is 4.47. The molecule has 3 heterocycles. The van der Waals surface area contributed by atoms with E-state index in [2.05, 4.69) is 4.90 Å². The average Bonchev–Trinajstić information content (AvgIpc) is 2.83. The zero-order valence-electron chi connectivity index (χ0n) is 18.6. The Labute approximate surface area is 190 Å². The van der Waals surface area contributed by atoms with Crippen LogP contribution < -0.4 is 9.47 Å². The van der Waals surface area contributed by atoms with Crippen LogP contribution in [0.3, 0.4) is 0 Å². The first kappa shape index (κ1) is 22.0. The lowest BCUT2D eigenvalue weighted by molar-refractivity contribution is -0.135. The molecule has 0 radical (unpaired) electrons. The third-order valence-corrected chi connectivity index (χ3v) is 9.38. The second-order valence-electron chi connectivity index (χ2n) is 9.42. The van der Waals surface area contributed by atoms with E-state index in [1.807, 2.05) is 4.90 Å². The molecular formula is C23H33N3O5S. The van der Waals surface area contributed by atoms with Crippen molar-refractivity contribution < 1.29 is 22.7 Å². The molecule has 0 bridgehead atoms. The average molecular weight is 464 g/mol. The largest absolute Gasteiger partial charge is 0.486 e. The first-order valence-electron chi connectivity index (χ1n) is 11.9. The van der Waals surface area contributed by atoms with E-state index in [1.54, 1.807) is 18.2 Å². The first-order chi connectivity index (χ1) is 15.5. The quantitative estimate of drug-likeness (QED) is 0.678. The second kappa shape index (κ2) is 9.19. The number of nitrogens with zero attached hydrogens (tertiary/aromatic N) is 3. The number of fused-ring (bicyclic) bond motifs is 2. The van der Waals surface area contributed by atoms with Gasteiger partial charge >= 0.3 is 0 Å². The summed E-state index contributed by atoms with van der Waals surface area (Å²) in [6, 6.07) is 4.79. The molecule has 5 rings (SSSR count). The number of amides is 1. The van der Waals surface area contributed by atoms with Crippen molar-refractivity contribution in [1.82, 2.24) is 14.1 Å². The molecule has 2 atom stereocenters. The zero-order valence-corrected chi connectivity index (χ0v) is 19.4. The summed E-state index contributed by atoms with van der Waals surface area (Å²) in [6.45, 7) is 4.95. The number of piperazine rings is 1. The van der Waals surface area contributed by atoms with Gasteiger partial charge < -0.3 is 14.4 Å². The fraction of sp³-hybridized carbons (Fsp3) is 0.696. The Bertz CT molecular complexity index is 945. The number of carbonyl (C=O) groups is 1. The number of carbonyl (C=O) groups excluding carboxylic acids is 1. The van der Waals surface area contributed by atoms with E-state index >= 15 is 0 Å². The monoisotopic (exact) mass is 463 g/mol. The highest BCUT2D eigenvalue weighted by molar-refractivity contribution is 7.89. The highest BCUT2D eigenvalue weighted by Gasteiger charge is 2.34. The molecule has 3 aliphatic heterocycles. The standard InChI is InChI=1S/C23H33N3O5S/c27-23(25-8-7-18-3-1-2-4-19(18)16-25)17-24-9-11-26(12-10-24)32(28,29)20-5-6-21-22(15-20)31-14-13-30-21/h5-6,15,18-19H,1-4,7-14,16-17H2/t18-,19-/m1/s1. The molecule has 8 nitrogen and oxygen atoms in total. The predicted molar refractivity (Wildman–Crippen MR) is 119 cm³/mol. The highest BCUT2D eigenvalue weighted by Crippen LogP contribution is 2.36. The number of benzene rings is 1. The fourth-order valence-electron chi connectivity index (χ4n) is 5.58. The van der Waals surface area contributed by atoms with Crippen molar-refractivity contribution in [1.29, 1.82) is 0 Å². The van der Waals surface area contributed by atoms with Crippen LogP contribution in [0.15, 0.2) is 23.1 Å². The Morgan fingerprint density at radius 2 is 1.62 bits per heavy atom. The van der Waals surface area contributed by atoms with Crippen molar-refractivity contribution in [2.45, 2.75) is 37.0 Å². The SMILES string of the molecule is O=C(CN1CCN(S(=O)(=O)c2ccc3c(c2)OCCO3)CC1)N1CC[C@H]2CCCC[C@@H]2C1. The Morgan fingerprint density at radius 3 is 2.41 bits per heavy atom. The molecule has 1 aliphatic carbocycles. The zero-order chi connectivity index (χ0) is 22.1. The van der Waals surface area contributed by atoms with Crippen LogP contribution in [-0.2, 0) is 14.8 Å². The number of hydrogen-bond donors (Lipinski definition) is 0. The molecule has 1 aromatic rings. The molecule has 0 aromatic heterocycles. The van der Waals surface area contributed by atoms with Crippen molar-refractivity contribution >= 4 is 15.9 Å². The summed E-state index contributed by atoms with van der Waals surface area (Å²) in [5.41, 5.74) is 0. The molecule has 1 amide bonds. The minimum Gasteiger partial charge on any atom is -0.486 e. The lowest BCUT2D eigenvalue weighted by atomic mass is 9.75. The molecular weight excluding hydrogens is 430 g/mol. The summed E-state index contributed by atoms with van der Waals surface area (Å²) in [4.78, 5) is 17.3. The third-order valence-electron chi connectivity index (χ3n) is 7.49. The number of piperidine rings is 1. The van der Waals surface area contributed by atoms with Gasteiger partial charge in [-0.05, 0) is 36.8 Å². The summed E-state index contributed by atoms with van der Waals surface area (Å²) < 4.78 is 38.8. The van der Waals surface area contributed by atoms with Crippen LogP contribution in [0.4, 0.5) is 0 Å². The minimum atomic E-state index is -3.61. The Kier molecular flexibility index (Phi) is 6.31. The summed E-state index contributed by atoms with van der Waals surface area (Å²) in [5, 5.41) is 0. The van der Waals surface area contributed by atoms with E-state index in [0.29, 0.717) is 63.4 Å². The molecule has 9 heteroatoms. The number of rotatable bonds is 4. The van der Waals surface area contributed by atoms with Crippen molar-refractivity contribution in [2.24, 2.45) is 11.8 Å². The van der Waals surface area contributed by atoms with Crippen molar-refractivity contribution in [3.05, 3.63) is 18.2 Å².